The second kappa shape index (κ2) is 9.07. The topological polar surface area (TPSA) is 20.3 Å². The number of carbonyl (C=O) groups is 1. The number of hydrogen-bond acceptors (Lipinski definition) is 3. The second-order valence-corrected chi connectivity index (χ2v) is 3.76. The monoisotopic (exact) mass is 189 g/mol. The molecule has 0 amide bonds. The van der Waals surface area contributed by atoms with E-state index in [4.69, 9.17) is 0 Å². The molecule has 0 aromatic carbocycles. The van der Waals surface area contributed by atoms with Gasteiger partial charge in [-0.3, -0.25) is 4.79 Å². The molecule has 0 aliphatic carbocycles. The maximum absolute atomic E-state index is 10.2. The maximum Gasteiger partial charge on any atom is 0.191 e. The average Bonchev–Trinajstić information content (AvgIpc) is 2.06. The van der Waals surface area contributed by atoms with Crippen LogP contribution in [0, 0.1) is 0 Å². The van der Waals surface area contributed by atoms with E-state index in [-0.39, 0.29) is 0 Å². The highest BCUT2D eigenvalue weighted by atomic mass is 32.2. The highest BCUT2D eigenvalue weighted by molar-refractivity contribution is 8.09. The molecule has 0 saturated heterocycles. The second-order valence-electron chi connectivity index (χ2n) is 2.84. The predicted octanol–water partition coefficient (Wildman–Crippen LogP) is 2.73. The van der Waals surface area contributed by atoms with E-state index in [0.717, 1.165) is 25.1 Å². The molecule has 0 aliphatic heterocycles. The lowest BCUT2D eigenvalue weighted by atomic mass is 10.2. The van der Waals surface area contributed by atoms with Crippen molar-refractivity contribution in [2.75, 3.05) is 13.1 Å². The standard InChI is InChI=1S/C9H19NOS/c1-3-5-6-8-10(7-4-2)12-9-11/h9H,3-8H2,1-2H3. The van der Waals surface area contributed by atoms with Crippen molar-refractivity contribution in [1.29, 1.82) is 0 Å². The molecule has 0 atom stereocenters. The third-order valence-corrected chi connectivity index (χ3v) is 2.43. The van der Waals surface area contributed by atoms with E-state index in [1.807, 2.05) is 0 Å². The first-order valence-corrected chi connectivity index (χ1v) is 5.54. The lowest BCUT2D eigenvalue weighted by molar-refractivity contribution is 0.450. The summed E-state index contributed by atoms with van der Waals surface area (Å²) >= 11 is 1.30. The van der Waals surface area contributed by atoms with Gasteiger partial charge >= 0.3 is 0 Å². The van der Waals surface area contributed by atoms with Crippen molar-refractivity contribution < 1.29 is 4.79 Å². The SMILES string of the molecule is CCCCCN(CCC)SC=O. The van der Waals surface area contributed by atoms with Gasteiger partial charge in [0.2, 0.25) is 0 Å². The molecule has 0 heterocycles. The fourth-order valence-corrected chi connectivity index (χ4v) is 1.71. The number of carbonyl (C=O) groups excluding carboxylic acids is 1. The zero-order chi connectivity index (χ0) is 9.23. The van der Waals surface area contributed by atoms with Gasteiger partial charge in [0.1, 0.15) is 0 Å². The van der Waals surface area contributed by atoms with Crippen LogP contribution in [-0.2, 0) is 4.79 Å². The summed E-state index contributed by atoms with van der Waals surface area (Å²) in [6.07, 6.45) is 4.83. The molecule has 2 nitrogen and oxygen atoms in total. The van der Waals surface area contributed by atoms with Crippen LogP contribution in [0.25, 0.3) is 0 Å². The van der Waals surface area contributed by atoms with Crippen LogP contribution in [0.15, 0.2) is 0 Å². The number of hydrogen-bond donors (Lipinski definition) is 0. The van der Waals surface area contributed by atoms with Gasteiger partial charge in [0.15, 0.2) is 5.62 Å². The van der Waals surface area contributed by atoms with Crippen molar-refractivity contribution in [3.05, 3.63) is 0 Å². The lowest BCUT2D eigenvalue weighted by Gasteiger charge is -2.16. The van der Waals surface area contributed by atoms with E-state index in [1.165, 1.54) is 31.2 Å². The first-order valence-electron chi connectivity index (χ1n) is 4.70. The Morgan fingerprint density at radius 3 is 2.42 bits per heavy atom. The Bertz CT molecular complexity index is 109. The number of unbranched alkanes of at least 4 members (excludes halogenated alkanes) is 2. The molecule has 0 fully saturated rings. The van der Waals surface area contributed by atoms with Gasteiger partial charge in [-0.05, 0) is 24.8 Å². The molecular formula is C9H19NOS. The smallest absolute Gasteiger partial charge is 0.191 e. The molecule has 0 rings (SSSR count). The predicted molar refractivity (Wildman–Crippen MR) is 55.7 cm³/mol. The molecule has 0 aromatic heterocycles. The Morgan fingerprint density at radius 2 is 1.92 bits per heavy atom. The Hall–Kier alpha value is -0.0200. The van der Waals surface area contributed by atoms with Crippen LogP contribution in [-0.4, -0.2) is 23.0 Å². The largest absolute Gasteiger partial charge is 0.290 e. The zero-order valence-electron chi connectivity index (χ0n) is 8.08. The van der Waals surface area contributed by atoms with Gasteiger partial charge in [0, 0.05) is 13.1 Å². The molecule has 0 N–H and O–H groups in total. The van der Waals surface area contributed by atoms with Crippen LogP contribution in [0.3, 0.4) is 0 Å². The van der Waals surface area contributed by atoms with Crippen molar-refractivity contribution in [1.82, 2.24) is 4.31 Å². The highest BCUT2D eigenvalue weighted by Crippen LogP contribution is 2.08. The molecular weight excluding hydrogens is 170 g/mol. The molecule has 0 spiro atoms. The summed E-state index contributed by atoms with van der Waals surface area (Å²) < 4.78 is 2.14. The molecule has 3 heteroatoms. The molecule has 12 heavy (non-hydrogen) atoms. The van der Waals surface area contributed by atoms with Gasteiger partial charge in [-0.15, -0.1) is 0 Å². The minimum absolute atomic E-state index is 0.918. The van der Waals surface area contributed by atoms with Crippen molar-refractivity contribution in [2.24, 2.45) is 0 Å². The molecule has 0 aromatic rings. The molecule has 0 unspecified atom stereocenters. The van der Waals surface area contributed by atoms with E-state index in [2.05, 4.69) is 18.2 Å². The summed E-state index contributed by atoms with van der Waals surface area (Å²) in [6, 6.07) is 0. The average molecular weight is 189 g/mol. The van der Waals surface area contributed by atoms with E-state index in [1.54, 1.807) is 0 Å². The third-order valence-electron chi connectivity index (χ3n) is 1.68. The highest BCUT2D eigenvalue weighted by Gasteiger charge is 2.01. The van der Waals surface area contributed by atoms with Gasteiger partial charge in [0.25, 0.3) is 0 Å². The first kappa shape index (κ1) is 12.0. The van der Waals surface area contributed by atoms with Crippen LogP contribution in [0.1, 0.15) is 39.5 Å². The molecule has 0 saturated carbocycles. The van der Waals surface area contributed by atoms with Crippen molar-refractivity contribution in [2.45, 2.75) is 39.5 Å². The van der Waals surface area contributed by atoms with Gasteiger partial charge in [0.05, 0.1) is 0 Å². The van der Waals surface area contributed by atoms with E-state index < -0.39 is 0 Å². The third kappa shape index (κ3) is 6.68. The zero-order valence-corrected chi connectivity index (χ0v) is 8.90. The minimum Gasteiger partial charge on any atom is -0.290 e. The molecule has 0 aliphatic rings. The van der Waals surface area contributed by atoms with Crippen LogP contribution < -0.4 is 0 Å². The summed E-state index contributed by atoms with van der Waals surface area (Å²) in [4.78, 5) is 10.2. The number of nitrogens with zero attached hydrogens (tertiary/aromatic N) is 1. The summed E-state index contributed by atoms with van der Waals surface area (Å²) in [6.45, 7) is 6.40. The molecule has 72 valence electrons. The van der Waals surface area contributed by atoms with Crippen LogP contribution >= 0.6 is 11.9 Å². The first-order chi connectivity index (χ1) is 5.85. The van der Waals surface area contributed by atoms with E-state index in [9.17, 15) is 4.79 Å². The maximum atomic E-state index is 10.2. The summed E-state index contributed by atoms with van der Waals surface area (Å²) in [5.74, 6) is 0. The fraction of sp³-hybridized carbons (Fsp3) is 0.889. The normalized spacial score (nSPS) is 10.6. The molecule has 0 bridgehead atoms. The summed E-state index contributed by atoms with van der Waals surface area (Å²) in [5, 5.41) is 0. The Kier molecular flexibility index (Phi) is 9.06. The lowest BCUT2D eigenvalue weighted by Crippen LogP contribution is -2.17. The summed E-state index contributed by atoms with van der Waals surface area (Å²) in [5.41, 5.74) is 0.918. The quantitative estimate of drug-likeness (QED) is 0.333. The van der Waals surface area contributed by atoms with Gasteiger partial charge in [-0.25, -0.2) is 4.31 Å². The van der Waals surface area contributed by atoms with E-state index in [0.29, 0.717) is 0 Å². The summed E-state index contributed by atoms with van der Waals surface area (Å²) in [7, 11) is 0. The van der Waals surface area contributed by atoms with Crippen LogP contribution in [0.5, 0.6) is 0 Å². The van der Waals surface area contributed by atoms with Crippen molar-refractivity contribution in [3.63, 3.8) is 0 Å². The van der Waals surface area contributed by atoms with Gasteiger partial charge in [-0.2, -0.15) is 0 Å². The van der Waals surface area contributed by atoms with Crippen molar-refractivity contribution in [3.8, 4) is 0 Å². The Balaban J connectivity index is 3.40. The van der Waals surface area contributed by atoms with Crippen LogP contribution in [0.2, 0.25) is 0 Å². The number of rotatable bonds is 8. The Morgan fingerprint density at radius 1 is 1.17 bits per heavy atom. The minimum atomic E-state index is 0.918. The van der Waals surface area contributed by atoms with Crippen molar-refractivity contribution >= 4 is 17.6 Å². The van der Waals surface area contributed by atoms with Crippen LogP contribution in [0.4, 0.5) is 0 Å². The molecule has 0 radical (unpaired) electrons. The van der Waals surface area contributed by atoms with Gasteiger partial charge < -0.3 is 0 Å². The fourth-order valence-electron chi connectivity index (χ4n) is 1.07. The van der Waals surface area contributed by atoms with E-state index >= 15 is 0 Å². The van der Waals surface area contributed by atoms with Gasteiger partial charge in [-0.1, -0.05) is 26.7 Å². The Labute approximate surface area is 79.8 Å².